The normalized spacial score (nSPS) is 18.3. The van der Waals surface area contributed by atoms with Crippen molar-refractivity contribution >= 4 is 11.9 Å². The van der Waals surface area contributed by atoms with Crippen molar-refractivity contribution in [3.8, 4) is 0 Å². The average Bonchev–Trinajstić information content (AvgIpc) is 2.77. The first-order valence-electron chi connectivity index (χ1n) is 5.47. The minimum Gasteiger partial charge on any atom is -0.480 e. The standard InChI is InChI=1S/C10H13N3O5/c1-6-11-7(13-18-6)8(14)12-10(9(15)16)2-4-17-5-3-10/h2-5H2,1H3,(H,12,14)(H,15,16). The molecule has 0 aliphatic carbocycles. The van der Waals surface area contributed by atoms with Crippen LogP contribution in [0.2, 0.25) is 0 Å². The molecule has 2 rings (SSSR count). The van der Waals surface area contributed by atoms with Crippen molar-refractivity contribution in [2.75, 3.05) is 13.2 Å². The Labute approximate surface area is 102 Å². The summed E-state index contributed by atoms with van der Waals surface area (Å²) >= 11 is 0. The van der Waals surface area contributed by atoms with E-state index in [0.29, 0.717) is 0 Å². The van der Waals surface area contributed by atoms with Gasteiger partial charge in [0.15, 0.2) is 0 Å². The van der Waals surface area contributed by atoms with Crippen LogP contribution in [0, 0.1) is 6.92 Å². The van der Waals surface area contributed by atoms with E-state index in [1.165, 1.54) is 0 Å². The summed E-state index contributed by atoms with van der Waals surface area (Å²) < 4.78 is 9.78. The molecule has 1 aliphatic heterocycles. The fourth-order valence-electron chi connectivity index (χ4n) is 1.78. The number of carboxylic acids is 1. The lowest BCUT2D eigenvalue weighted by Crippen LogP contribution is -2.57. The highest BCUT2D eigenvalue weighted by Gasteiger charge is 2.42. The Morgan fingerprint density at radius 1 is 1.39 bits per heavy atom. The predicted molar refractivity (Wildman–Crippen MR) is 56.9 cm³/mol. The second kappa shape index (κ2) is 4.73. The lowest BCUT2D eigenvalue weighted by Gasteiger charge is -2.33. The zero-order valence-corrected chi connectivity index (χ0v) is 9.80. The molecule has 18 heavy (non-hydrogen) atoms. The first-order chi connectivity index (χ1) is 8.53. The third kappa shape index (κ3) is 2.33. The van der Waals surface area contributed by atoms with Crippen LogP contribution in [-0.4, -0.2) is 45.9 Å². The molecule has 8 heteroatoms. The molecule has 98 valence electrons. The summed E-state index contributed by atoms with van der Waals surface area (Å²) in [5.74, 6) is -1.66. The molecule has 2 heterocycles. The summed E-state index contributed by atoms with van der Waals surface area (Å²) in [6.45, 7) is 2.13. The number of aryl methyl sites for hydroxylation is 1. The smallest absolute Gasteiger partial charge is 0.329 e. The first-order valence-corrected chi connectivity index (χ1v) is 5.47. The maximum absolute atomic E-state index is 11.8. The Kier molecular flexibility index (Phi) is 3.28. The minimum absolute atomic E-state index is 0.167. The molecule has 0 saturated carbocycles. The Hall–Kier alpha value is -1.96. The molecule has 8 nitrogen and oxygen atoms in total. The maximum atomic E-state index is 11.8. The van der Waals surface area contributed by atoms with Gasteiger partial charge in [0.2, 0.25) is 5.89 Å². The Morgan fingerprint density at radius 2 is 2.06 bits per heavy atom. The van der Waals surface area contributed by atoms with E-state index in [-0.39, 0.29) is 37.8 Å². The molecule has 1 aromatic heterocycles. The molecule has 0 unspecified atom stereocenters. The van der Waals surface area contributed by atoms with Gasteiger partial charge in [-0.3, -0.25) is 4.79 Å². The molecule has 1 saturated heterocycles. The van der Waals surface area contributed by atoms with Gasteiger partial charge in [-0.25, -0.2) is 4.79 Å². The lowest BCUT2D eigenvalue weighted by molar-refractivity contribution is -0.148. The van der Waals surface area contributed by atoms with Gasteiger partial charge in [0, 0.05) is 33.0 Å². The van der Waals surface area contributed by atoms with E-state index in [9.17, 15) is 14.7 Å². The molecule has 0 bridgehead atoms. The SMILES string of the molecule is Cc1nc(C(=O)NC2(C(=O)O)CCOCC2)no1. The van der Waals surface area contributed by atoms with E-state index >= 15 is 0 Å². The quantitative estimate of drug-likeness (QED) is 0.764. The van der Waals surface area contributed by atoms with Crippen LogP contribution in [0.3, 0.4) is 0 Å². The monoisotopic (exact) mass is 255 g/mol. The van der Waals surface area contributed by atoms with Gasteiger partial charge >= 0.3 is 5.97 Å². The van der Waals surface area contributed by atoms with E-state index in [4.69, 9.17) is 4.74 Å². The average molecular weight is 255 g/mol. The van der Waals surface area contributed by atoms with E-state index in [0.717, 1.165) is 0 Å². The van der Waals surface area contributed by atoms with Gasteiger partial charge in [-0.2, -0.15) is 4.98 Å². The molecule has 1 fully saturated rings. The summed E-state index contributed by atoms with van der Waals surface area (Å²) in [4.78, 5) is 26.9. The number of carbonyl (C=O) groups excluding carboxylic acids is 1. The van der Waals surface area contributed by atoms with E-state index in [1.807, 2.05) is 0 Å². The summed E-state index contributed by atoms with van der Waals surface area (Å²) in [7, 11) is 0. The maximum Gasteiger partial charge on any atom is 0.329 e. The third-order valence-corrected chi connectivity index (χ3v) is 2.84. The third-order valence-electron chi connectivity index (χ3n) is 2.84. The molecule has 1 aliphatic rings. The number of hydrogen-bond donors (Lipinski definition) is 2. The molecule has 0 atom stereocenters. The molecule has 1 amide bonds. The largest absolute Gasteiger partial charge is 0.480 e. The highest BCUT2D eigenvalue weighted by atomic mass is 16.5. The Bertz CT molecular complexity index is 464. The number of nitrogens with one attached hydrogen (secondary N) is 1. The number of hydrogen-bond acceptors (Lipinski definition) is 6. The summed E-state index contributed by atoms with van der Waals surface area (Å²) in [6.07, 6.45) is 0.426. The zero-order chi connectivity index (χ0) is 13.2. The van der Waals surface area contributed by atoms with Crippen molar-refractivity contribution in [3.63, 3.8) is 0 Å². The van der Waals surface area contributed by atoms with Crippen molar-refractivity contribution in [3.05, 3.63) is 11.7 Å². The number of aromatic nitrogens is 2. The number of nitrogens with zero attached hydrogens (tertiary/aromatic N) is 2. The first kappa shape index (κ1) is 12.5. The predicted octanol–water partition coefficient (Wildman–Crippen LogP) is -0.258. The van der Waals surface area contributed by atoms with Gasteiger partial charge in [0.05, 0.1) is 0 Å². The molecule has 1 aromatic rings. The summed E-state index contributed by atoms with van der Waals surface area (Å²) in [5, 5.41) is 15.2. The second-order valence-corrected chi connectivity index (χ2v) is 4.09. The number of ether oxygens (including phenoxy) is 1. The number of aliphatic carboxylic acids is 1. The molecule has 0 radical (unpaired) electrons. The van der Waals surface area contributed by atoms with Crippen LogP contribution >= 0.6 is 0 Å². The van der Waals surface area contributed by atoms with Gasteiger partial charge in [0.1, 0.15) is 5.54 Å². The van der Waals surface area contributed by atoms with Crippen LogP contribution < -0.4 is 5.32 Å². The lowest BCUT2D eigenvalue weighted by atomic mass is 9.90. The fourth-order valence-corrected chi connectivity index (χ4v) is 1.78. The molecular weight excluding hydrogens is 242 g/mol. The number of carbonyl (C=O) groups is 2. The second-order valence-electron chi connectivity index (χ2n) is 4.09. The Balaban J connectivity index is 2.14. The van der Waals surface area contributed by atoms with Gasteiger partial charge in [-0.05, 0) is 0 Å². The van der Waals surface area contributed by atoms with Crippen molar-refractivity contribution < 1.29 is 24.0 Å². The van der Waals surface area contributed by atoms with Gasteiger partial charge < -0.3 is 19.7 Å². The van der Waals surface area contributed by atoms with Crippen LogP contribution in [0.1, 0.15) is 29.4 Å². The highest BCUT2D eigenvalue weighted by molar-refractivity contribution is 5.95. The van der Waals surface area contributed by atoms with E-state index in [2.05, 4.69) is 20.0 Å². The van der Waals surface area contributed by atoms with E-state index in [1.54, 1.807) is 6.92 Å². The van der Waals surface area contributed by atoms with Gasteiger partial charge in [-0.15, -0.1) is 0 Å². The number of amides is 1. The van der Waals surface area contributed by atoms with Crippen LogP contribution in [0.15, 0.2) is 4.52 Å². The Morgan fingerprint density at radius 3 is 2.56 bits per heavy atom. The van der Waals surface area contributed by atoms with Gasteiger partial charge in [-0.1, -0.05) is 5.16 Å². The zero-order valence-electron chi connectivity index (χ0n) is 9.80. The van der Waals surface area contributed by atoms with Crippen LogP contribution in [0.5, 0.6) is 0 Å². The van der Waals surface area contributed by atoms with Crippen molar-refractivity contribution in [1.29, 1.82) is 0 Å². The topological polar surface area (TPSA) is 115 Å². The minimum atomic E-state index is -1.32. The van der Waals surface area contributed by atoms with E-state index < -0.39 is 17.4 Å². The van der Waals surface area contributed by atoms with Crippen LogP contribution in [0.4, 0.5) is 0 Å². The molecule has 0 spiro atoms. The fraction of sp³-hybridized carbons (Fsp3) is 0.600. The summed E-state index contributed by atoms with van der Waals surface area (Å²) in [6, 6.07) is 0. The van der Waals surface area contributed by atoms with Gasteiger partial charge in [0.25, 0.3) is 11.7 Å². The summed E-state index contributed by atoms with van der Waals surface area (Å²) in [5.41, 5.74) is -1.32. The number of rotatable bonds is 3. The van der Waals surface area contributed by atoms with Crippen LogP contribution in [0.25, 0.3) is 0 Å². The van der Waals surface area contributed by atoms with Crippen molar-refractivity contribution in [2.24, 2.45) is 0 Å². The molecule has 2 N–H and O–H groups in total. The van der Waals surface area contributed by atoms with Crippen LogP contribution in [-0.2, 0) is 9.53 Å². The van der Waals surface area contributed by atoms with Crippen molar-refractivity contribution in [2.45, 2.75) is 25.3 Å². The van der Waals surface area contributed by atoms with Crippen molar-refractivity contribution in [1.82, 2.24) is 15.5 Å². The number of carboxylic acid groups (broad SMARTS) is 1. The molecular formula is C10H13N3O5. The highest BCUT2D eigenvalue weighted by Crippen LogP contribution is 2.21. The molecule has 0 aromatic carbocycles.